The minimum absolute atomic E-state index is 0.185. The van der Waals surface area contributed by atoms with Crippen molar-refractivity contribution >= 4 is 17.6 Å². The fourth-order valence-electron chi connectivity index (χ4n) is 2.70. The van der Waals surface area contributed by atoms with Crippen molar-refractivity contribution in [2.75, 3.05) is 11.9 Å². The van der Waals surface area contributed by atoms with Gasteiger partial charge in [-0.3, -0.25) is 4.79 Å². The zero-order valence-electron chi connectivity index (χ0n) is 16.7. The van der Waals surface area contributed by atoms with Gasteiger partial charge in [0.05, 0.1) is 18.4 Å². The predicted octanol–water partition coefficient (Wildman–Crippen LogP) is 5.01. The van der Waals surface area contributed by atoms with Crippen molar-refractivity contribution in [3.63, 3.8) is 0 Å². The number of unbranched alkanes of at least 4 members (excludes halogenated alkanes) is 1. The minimum atomic E-state index is -0.373. The quantitative estimate of drug-likeness (QED) is 0.396. The Bertz CT molecular complexity index is 981. The fourth-order valence-corrected chi connectivity index (χ4v) is 2.70. The number of halogens is 1. The van der Waals surface area contributed by atoms with E-state index in [-0.39, 0.29) is 24.1 Å². The van der Waals surface area contributed by atoms with Crippen LogP contribution in [0.1, 0.15) is 42.4 Å². The third-order valence-corrected chi connectivity index (χ3v) is 4.38. The van der Waals surface area contributed by atoms with E-state index < -0.39 is 0 Å². The van der Waals surface area contributed by atoms with Gasteiger partial charge in [0.15, 0.2) is 11.7 Å². The van der Waals surface area contributed by atoms with E-state index in [9.17, 15) is 14.0 Å². The lowest BCUT2D eigenvalue weighted by molar-refractivity contribution is -0.116. The fraction of sp³-hybridized carbons (Fsp3) is 0.261. The van der Waals surface area contributed by atoms with Crippen molar-refractivity contribution in [2.24, 2.45) is 0 Å². The molecule has 0 aliphatic heterocycles. The molecule has 7 heteroatoms. The second-order valence-corrected chi connectivity index (χ2v) is 6.74. The molecule has 0 radical (unpaired) electrons. The van der Waals surface area contributed by atoms with Gasteiger partial charge in [-0.15, -0.1) is 0 Å². The Labute approximate surface area is 174 Å². The number of hydrogen-bond donors (Lipinski definition) is 1. The normalized spacial score (nSPS) is 10.6. The number of nitrogens with one attached hydrogen (secondary N) is 1. The molecule has 30 heavy (non-hydrogen) atoms. The lowest BCUT2D eigenvalue weighted by Crippen LogP contribution is -2.12. The van der Waals surface area contributed by atoms with Crippen LogP contribution in [0.2, 0.25) is 0 Å². The second-order valence-electron chi connectivity index (χ2n) is 6.74. The summed E-state index contributed by atoms with van der Waals surface area (Å²) >= 11 is 0. The van der Waals surface area contributed by atoms with Gasteiger partial charge in [-0.25, -0.2) is 14.2 Å². The maximum absolute atomic E-state index is 13.0. The maximum Gasteiger partial charge on any atom is 0.338 e. The molecule has 2 aromatic carbocycles. The van der Waals surface area contributed by atoms with Crippen LogP contribution in [0.25, 0.3) is 11.3 Å². The van der Waals surface area contributed by atoms with Crippen molar-refractivity contribution in [3.8, 4) is 11.3 Å². The molecule has 0 bridgehead atoms. The number of ether oxygens (including phenoxy) is 1. The van der Waals surface area contributed by atoms with E-state index in [0.717, 1.165) is 12.8 Å². The van der Waals surface area contributed by atoms with Crippen molar-refractivity contribution in [1.29, 1.82) is 0 Å². The number of carbonyl (C=O) groups excluding carboxylic acids is 2. The third-order valence-electron chi connectivity index (χ3n) is 4.38. The Morgan fingerprint density at radius 1 is 1.10 bits per heavy atom. The van der Waals surface area contributed by atoms with Crippen LogP contribution in [0.3, 0.4) is 0 Å². The van der Waals surface area contributed by atoms with Crippen LogP contribution < -0.4 is 5.32 Å². The molecule has 0 aliphatic rings. The molecule has 0 unspecified atom stereocenters. The molecule has 1 aromatic heterocycles. The largest absolute Gasteiger partial charge is 0.462 e. The lowest BCUT2D eigenvalue weighted by Gasteiger charge is -2.07. The summed E-state index contributed by atoms with van der Waals surface area (Å²) in [4.78, 5) is 28.2. The molecule has 3 rings (SSSR count). The van der Waals surface area contributed by atoms with Crippen molar-refractivity contribution in [1.82, 2.24) is 4.98 Å². The SMILES string of the molecule is CCCCOC(=O)c1ccc(NC(=O)CCc2ncc(-c3ccc(F)cc3)o2)cc1. The summed E-state index contributed by atoms with van der Waals surface area (Å²) in [6, 6.07) is 12.5. The van der Waals surface area contributed by atoms with Gasteiger partial charge in [0.25, 0.3) is 0 Å². The smallest absolute Gasteiger partial charge is 0.338 e. The number of aryl methyl sites for hydroxylation is 1. The first-order valence-electron chi connectivity index (χ1n) is 9.83. The topological polar surface area (TPSA) is 81.4 Å². The number of amides is 1. The van der Waals surface area contributed by atoms with Gasteiger partial charge in [-0.1, -0.05) is 13.3 Å². The zero-order chi connectivity index (χ0) is 21.3. The highest BCUT2D eigenvalue weighted by Gasteiger charge is 2.11. The molecule has 1 amide bonds. The molecular formula is C23H23FN2O4. The van der Waals surface area contributed by atoms with E-state index in [0.29, 0.717) is 41.5 Å². The number of aromatic nitrogens is 1. The van der Waals surface area contributed by atoms with Gasteiger partial charge in [-0.2, -0.15) is 0 Å². The summed E-state index contributed by atoms with van der Waals surface area (Å²) in [7, 11) is 0. The third kappa shape index (κ3) is 6.01. The first-order valence-corrected chi connectivity index (χ1v) is 9.83. The number of carbonyl (C=O) groups is 2. The van der Waals surface area contributed by atoms with Gasteiger partial charge in [0, 0.05) is 24.1 Å². The summed E-state index contributed by atoms with van der Waals surface area (Å²) < 4.78 is 23.8. The highest BCUT2D eigenvalue weighted by Crippen LogP contribution is 2.21. The van der Waals surface area contributed by atoms with Crippen LogP contribution in [0, 0.1) is 5.82 Å². The first-order chi connectivity index (χ1) is 14.5. The average molecular weight is 410 g/mol. The summed E-state index contributed by atoms with van der Waals surface area (Å²) in [6.45, 7) is 2.43. The van der Waals surface area contributed by atoms with Gasteiger partial charge < -0.3 is 14.5 Å². The van der Waals surface area contributed by atoms with Crippen LogP contribution in [-0.4, -0.2) is 23.5 Å². The van der Waals surface area contributed by atoms with Gasteiger partial charge in [0.2, 0.25) is 5.91 Å². The molecular weight excluding hydrogens is 387 g/mol. The number of nitrogens with zero attached hydrogens (tertiary/aromatic N) is 1. The molecule has 0 aliphatic carbocycles. The molecule has 0 fully saturated rings. The molecule has 1 heterocycles. The highest BCUT2D eigenvalue weighted by atomic mass is 19.1. The Hall–Kier alpha value is -3.48. The van der Waals surface area contributed by atoms with Crippen molar-refractivity contribution in [3.05, 3.63) is 72.0 Å². The van der Waals surface area contributed by atoms with E-state index in [1.54, 1.807) is 42.6 Å². The lowest BCUT2D eigenvalue weighted by atomic mass is 10.2. The summed E-state index contributed by atoms with van der Waals surface area (Å²) in [6.07, 6.45) is 3.85. The highest BCUT2D eigenvalue weighted by molar-refractivity contribution is 5.93. The Morgan fingerprint density at radius 3 is 2.53 bits per heavy atom. The van der Waals surface area contributed by atoms with E-state index in [4.69, 9.17) is 9.15 Å². The molecule has 0 atom stereocenters. The van der Waals surface area contributed by atoms with Crippen LogP contribution >= 0.6 is 0 Å². The van der Waals surface area contributed by atoms with E-state index >= 15 is 0 Å². The maximum atomic E-state index is 13.0. The van der Waals surface area contributed by atoms with Crippen molar-refractivity contribution < 1.29 is 23.1 Å². The van der Waals surface area contributed by atoms with Crippen LogP contribution in [0.4, 0.5) is 10.1 Å². The van der Waals surface area contributed by atoms with E-state index in [1.807, 2.05) is 6.92 Å². The number of hydrogen-bond acceptors (Lipinski definition) is 5. The molecule has 6 nitrogen and oxygen atoms in total. The number of oxazole rings is 1. The first kappa shape index (κ1) is 21.2. The Balaban J connectivity index is 1.48. The van der Waals surface area contributed by atoms with Crippen LogP contribution in [0.5, 0.6) is 0 Å². The summed E-state index contributed by atoms with van der Waals surface area (Å²) in [5, 5.41) is 2.77. The Morgan fingerprint density at radius 2 is 1.83 bits per heavy atom. The number of benzene rings is 2. The van der Waals surface area contributed by atoms with Gasteiger partial charge in [-0.05, 0) is 55.0 Å². The van der Waals surface area contributed by atoms with Gasteiger partial charge >= 0.3 is 5.97 Å². The second kappa shape index (κ2) is 10.3. The molecule has 0 saturated heterocycles. The standard InChI is InChI=1S/C23H23FN2O4/c1-2-3-14-29-23(28)17-6-10-19(11-7-17)26-21(27)12-13-22-25-15-20(30-22)16-4-8-18(24)9-5-16/h4-11,15H,2-3,12-14H2,1H3,(H,26,27). The summed E-state index contributed by atoms with van der Waals surface area (Å²) in [5.41, 5.74) is 1.75. The average Bonchev–Trinajstić information content (AvgIpc) is 3.22. The van der Waals surface area contributed by atoms with Crippen molar-refractivity contribution in [2.45, 2.75) is 32.6 Å². The van der Waals surface area contributed by atoms with Crippen LogP contribution in [-0.2, 0) is 16.0 Å². The molecule has 156 valence electrons. The molecule has 0 saturated carbocycles. The molecule has 0 spiro atoms. The molecule has 3 aromatic rings. The van der Waals surface area contributed by atoms with Crippen LogP contribution in [0.15, 0.2) is 59.1 Å². The van der Waals surface area contributed by atoms with E-state index in [2.05, 4.69) is 10.3 Å². The summed E-state index contributed by atoms with van der Waals surface area (Å²) in [5.74, 6) is 0.0510. The monoisotopic (exact) mass is 410 g/mol. The predicted molar refractivity (Wildman–Crippen MR) is 110 cm³/mol. The van der Waals surface area contributed by atoms with E-state index in [1.165, 1.54) is 12.1 Å². The minimum Gasteiger partial charge on any atom is -0.462 e. The number of esters is 1. The Kier molecular flexibility index (Phi) is 7.32. The van der Waals surface area contributed by atoms with Gasteiger partial charge in [0.1, 0.15) is 5.82 Å². The number of anilines is 1. The number of rotatable bonds is 9. The molecule has 1 N–H and O–H groups in total. The zero-order valence-corrected chi connectivity index (χ0v) is 16.7.